The fourth-order valence-electron chi connectivity index (χ4n) is 3.55. The van der Waals surface area contributed by atoms with Gasteiger partial charge in [0.1, 0.15) is 12.4 Å². The number of methoxy groups -OCH3 is 1. The van der Waals surface area contributed by atoms with Crippen LogP contribution >= 0.6 is 0 Å². The molecule has 1 aliphatic rings. The summed E-state index contributed by atoms with van der Waals surface area (Å²) < 4.78 is 29.6. The lowest BCUT2D eigenvalue weighted by Crippen LogP contribution is -2.36. The van der Waals surface area contributed by atoms with E-state index in [1.54, 1.807) is 41.3 Å². The second kappa shape index (κ2) is 8.41. The van der Waals surface area contributed by atoms with Gasteiger partial charge in [0.2, 0.25) is 0 Å². The highest BCUT2D eigenvalue weighted by atomic mass is 19.1. The van der Waals surface area contributed by atoms with Crippen LogP contribution in [-0.4, -0.2) is 25.5 Å². The van der Waals surface area contributed by atoms with E-state index in [0.29, 0.717) is 30.0 Å². The summed E-state index contributed by atoms with van der Waals surface area (Å²) in [4.78, 5) is 26.7. The maximum Gasteiger partial charge on any atom is 0.338 e. The number of amides is 1. The molecule has 0 atom stereocenters. The van der Waals surface area contributed by atoms with Gasteiger partial charge in [0, 0.05) is 12.2 Å². The van der Waals surface area contributed by atoms with Gasteiger partial charge in [-0.3, -0.25) is 4.79 Å². The van der Waals surface area contributed by atoms with Crippen molar-refractivity contribution in [3.63, 3.8) is 0 Å². The number of anilines is 1. The van der Waals surface area contributed by atoms with Crippen LogP contribution in [0.2, 0.25) is 0 Å². The summed E-state index contributed by atoms with van der Waals surface area (Å²) in [7, 11) is 1.33. The number of rotatable bonds is 5. The van der Waals surface area contributed by atoms with Gasteiger partial charge >= 0.3 is 5.97 Å². The number of nitrogens with zero attached hydrogens (tertiary/aromatic N) is 1. The highest BCUT2D eigenvalue weighted by Crippen LogP contribution is 2.31. The molecule has 0 fully saturated rings. The highest BCUT2D eigenvalue weighted by molar-refractivity contribution is 6.06. The monoisotopic (exact) mass is 409 g/mol. The Labute approximate surface area is 172 Å². The zero-order valence-electron chi connectivity index (χ0n) is 16.4. The van der Waals surface area contributed by atoms with Crippen LogP contribution in [0.1, 0.15) is 38.7 Å². The number of hydrogen-bond donors (Lipinski definition) is 0. The Morgan fingerprint density at radius 1 is 1.10 bits per heavy atom. The van der Waals surface area contributed by atoms with E-state index < -0.39 is 11.8 Å². The fourth-order valence-corrected chi connectivity index (χ4v) is 3.55. The minimum absolute atomic E-state index is 0.00269. The first kappa shape index (κ1) is 19.7. The molecule has 4 rings (SSSR count). The first-order valence-electron chi connectivity index (χ1n) is 9.56. The van der Waals surface area contributed by atoms with E-state index >= 15 is 0 Å². The van der Waals surface area contributed by atoms with Gasteiger partial charge in [0.05, 0.1) is 12.7 Å². The molecular formula is C23H20FNO5. The second-order valence-electron chi connectivity index (χ2n) is 6.84. The number of furan rings is 1. The lowest BCUT2D eigenvalue weighted by Gasteiger charge is -2.29. The number of halogens is 1. The van der Waals surface area contributed by atoms with Crippen LogP contribution < -0.4 is 9.64 Å². The Morgan fingerprint density at radius 2 is 1.93 bits per heavy atom. The predicted octanol–water partition coefficient (Wildman–Crippen LogP) is 4.38. The molecule has 0 saturated carbocycles. The van der Waals surface area contributed by atoms with E-state index in [1.165, 1.54) is 19.2 Å². The van der Waals surface area contributed by atoms with Crippen molar-refractivity contribution >= 4 is 17.6 Å². The zero-order chi connectivity index (χ0) is 21.1. The lowest BCUT2D eigenvalue weighted by molar-refractivity contribution is 0.0599. The van der Waals surface area contributed by atoms with Crippen LogP contribution in [0.5, 0.6) is 5.75 Å². The predicted molar refractivity (Wildman–Crippen MR) is 107 cm³/mol. The first-order valence-corrected chi connectivity index (χ1v) is 9.56. The molecule has 0 spiro atoms. The van der Waals surface area contributed by atoms with Gasteiger partial charge in [-0.2, -0.15) is 0 Å². The number of fused-ring (bicyclic) bond motifs is 1. The fraction of sp³-hybridized carbons (Fsp3) is 0.217. The van der Waals surface area contributed by atoms with Gasteiger partial charge in [-0.1, -0.05) is 18.2 Å². The van der Waals surface area contributed by atoms with Crippen molar-refractivity contribution < 1.29 is 27.9 Å². The molecule has 6 nitrogen and oxygen atoms in total. The number of ether oxygens (including phenoxy) is 2. The maximum atomic E-state index is 13.7. The molecule has 0 aliphatic carbocycles. The minimum Gasteiger partial charge on any atom is -0.483 e. The summed E-state index contributed by atoms with van der Waals surface area (Å²) in [5, 5.41) is 0. The Hall–Kier alpha value is -3.61. The van der Waals surface area contributed by atoms with Crippen molar-refractivity contribution in [2.45, 2.75) is 19.4 Å². The Bertz CT molecular complexity index is 1090. The van der Waals surface area contributed by atoms with Gasteiger partial charge in [-0.25, -0.2) is 9.18 Å². The Morgan fingerprint density at radius 3 is 2.73 bits per heavy atom. The summed E-state index contributed by atoms with van der Waals surface area (Å²) in [5.41, 5.74) is 1.93. The van der Waals surface area contributed by atoms with E-state index in [-0.39, 0.29) is 24.0 Å². The molecule has 0 N–H and O–H groups in total. The molecule has 1 aromatic heterocycles. The largest absolute Gasteiger partial charge is 0.483 e. The van der Waals surface area contributed by atoms with Gasteiger partial charge in [-0.15, -0.1) is 0 Å². The standard InChI is InChI=1S/C23H20FNO5/c1-28-23(27)17-6-4-9-19-16(17)7-5-13-25(19)22(26)21-12-11-15(30-21)14-29-20-10-3-2-8-18(20)24/h2-4,6,8-12H,5,7,13-14H2,1H3. The summed E-state index contributed by atoms with van der Waals surface area (Å²) in [5.74, 6) is -0.531. The van der Waals surface area contributed by atoms with Crippen molar-refractivity contribution in [3.8, 4) is 5.75 Å². The molecule has 7 heteroatoms. The normalized spacial score (nSPS) is 12.9. The molecule has 0 unspecified atom stereocenters. The smallest absolute Gasteiger partial charge is 0.338 e. The molecule has 0 bridgehead atoms. The van der Waals surface area contributed by atoms with Crippen LogP contribution in [0.15, 0.2) is 59.0 Å². The van der Waals surface area contributed by atoms with E-state index in [0.717, 1.165) is 12.0 Å². The lowest BCUT2D eigenvalue weighted by atomic mass is 9.96. The number of hydrogen-bond acceptors (Lipinski definition) is 5. The minimum atomic E-state index is -0.466. The van der Waals surface area contributed by atoms with Gasteiger partial charge < -0.3 is 18.8 Å². The van der Waals surface area contributed by atoms with E-state index in [9.17, 15) is 14.0 Å². The van der Waals surface area contributed by atoms with E-state index in [1.807, 2.05) is 6.07 Å². The molecule has 0 radical (unpaired) electrons. The van der Waals surface area contributed by atoms with Crippen LogP contribution in [0.3, 0.4) is 0 Å². The molecule has 30 heavy (non-hydrogen) atoms. The quantitative estimate of drug-likeness (QED) is 0.585. The third-order valence-corrected chi connectivity index (χ3v) is 4.98. The molecule has 0 saturated heterocycles. The Kier molecular flexibility index (Phi) is 5.52. The number of benzene rings is 2. The summed E-state index contributed by atoms with van der Waals surface area (Å²) in [6.45, 7) is 0.509. The van der Waals surface area contributed by atoms with Crippen molar-refractivity contribution in [3.05, 3.63) is 83.1 Å². The molecule has 154 valence electrons. The topological polar surface area (TPSA) is 69.0 Å². The SMILES string of the molecule is COC(=O)c1cccc2c1CCCN2C(=O)c1ccc(COc2ccccc2F)o1. The summed E-state index contributed by atoms with van der Waals surface area (Å²) >= 11 is 0. The molecular weight excluding hydrogens is 389 g/mol. The van der Waals surface area contributed by atoms with Crippen molar-refractivity contribution in [1.29, 1.82) is 0 Å². The molecule has 1 amide bonds. The van der Waals surface area contributed by atoms with Gasteiger partial charge in [0.15, 0.2) is 17.3 Å². The third kappa shape index (κ3) is 3.78. The van der Waals surface area contributed by atoms with Crippen LogP contribution in [0, 0.1) is 5.82 Å². The van der Waals surface area contributed by atoms with Crippen molar-refractivity contribution in [2.24, 2.45) is 0 Å². The van der Waals surface area contributed by atoms with Crippen LogP contribution in [-0.2, 0) is 17.8 Å². The average molecular weight is 409 g/mol. The Balaban J connectivity index is 1.53. The molecule has 2 aromatic carbocycles. The average Bonchev–Trinajstić information content (AvgIpc) is 3.26. The van der Waals surface area contributed by atoms with Gasteiger partial charge in [0.25, 0.3) is 5.91 Å². The highest BCUT2D eigenvalue weighted by Gasteiger charge is 2.28. The molecule has 3 aromatic rings. The van der Waals surface area contributed by atoms with Crippen molar-refractivity contribution in [1.82, 2.24) is 0 Å². The zero-order valence-corrected chi connectivity index (χ0v) is 16.4. The maximum absolute atomic E-state index is 13.7. The first-order chi connectivity index (χ1) is 14.6. The number of para-hydroxylation sites is 1. The van der Waals surface area contributed by atoms with Crippen LogP contribution in [0.4, 0.5) is 10.1 Å². The number of esters is 1. The van der Waals surface area contributed by atoms with E-state index in [4.69, 9.17) is 13.9 Å². The van der Waals surface area contributed by atoms with Crippen molar-refractivity contribution in [2.75, 3.05) is 18.6 Å². The number of carbonyl (C=O) groups excluding carboxylic acids is 2. The van der Waals surface area contributed by atoms with Crippen LogP contribution in [0.25, 0.3) is 0 Å². The second-order valence-corrected chi connectivity index (χ2v) is 6.84. The molecule has 2 heterocycles. The molecule has 1 aliphatic heterocycles. The van der Waals surface area contributed by atoms with E-state index in [2.05, 4.69) is 0 Å². The van der Waals surface area contributed by atoms with Gasteiger partial charge in [-0.05, 0) is 54.8 Å². The third-order valence-electron chi connectivity index (χ3n) is 4.98. The summed E-state index contributed by atoms with van der Waals surface area (Å²) in [6, 6.07) is 14.5. The number of carbonyl (C=O) groups is 2. The summed E-state index contributed by atoms with van der Waals surface area (Å²) in [6.07, 6.45) is 1.40.